The summed E-state index contributed by atoms with van der Waals surface area (Å²) in [5.41, 5.74) is 4.45. The molecule has 1 aliphatic heterocycles. The van der Waals surface area contributed by atoms with Crippen molar-refractivity contribution in [1.82, 2.24) is 5.32 Å². The van der Waals surface area contributed by atoms with E-state index in [1.807, 2.05) is 78.9 Å². The Labute approximate surface area is 215 Å². The van der Waals surface area contributed by atoms with E-state index >= 15 is 0 Å². The molecule has 0 saturated carbocycles. The fourth-order valence-electron chi connectivity index (χ4n) is 3.98. The second-order valence-corrected chi connectivity index (χ2v) is 9.71. The van der Waals surface area contributed by atoms with Gasteiger partial charge in [0.15, 0.2) is 6.29 Å². The Bertz CT molecular complexity index is 1080. The fourth-order valence-corrected chi connectivity index (χ4v) is 4.75. The molecular weight excluding hydrogens is 476 g/mol. The second kappa shape index (κ2) is 13.4. The minimum Gasteiger partial charge on any atom is -0.396 e. The number of ether oxygens (including phenoxy) is 2. The van der Waals surface area contributed by atoms with E-state index < -0.39 is 6.29 Å². The number of hydrogen-bond donors (Lipinski definition) is 4. The minimum atomic E-state index is -0.554. The maximum Gasteiger partial charge on any atom is 0.319 e. The number of aliphatic hydroxyl groups is 2. The van der Waals surface area contributed by atoms with Crippen LogP contribution in [0.15, 0.2) is 78.9 Å². The van der Waals surface area contributed by atoms with Crippen molar-refractivity contribution in [1.29, 1.82) is 0 Å². The highest BCUT2D eigenvalue weighted by Gasteiger charge is 2.32. The summed E-state index contributed by atoms with van der Waals surface area (Å²) in [6.45, 7) is 0.588. The lowest BCUT2D eigenvalue weighted by molar-refractivity contribution is -0.245. The molecule has 0 aliphatic carbocycles. The normalized spacial score (nSPS) is 19.6. The molecule has 0 aromatic heterocycles. The first-order valence-electron chi connectivity index (χ1n) is 12.0. The van der Waals surface area contributed by atoms with Gasteiger partial charge in [-0.1, -0.05) is 66.7 Å². The topological polar surface area (TPSA) is 100 Å². The van der Waals surface area contributed by atoms with Crippen LogP contribution in [0.4, 0.5) is 10.5 Å². The number of anilines is 1. The van der Waals surface area contributed by atoms with Gasteiger partial charge in [0.25, 0.3) is 0 Å². The van der Waals surface area contributed by atoms with Gasteiger partial charge in [-0.15, -0.1) is 0 Å². The van der Waals surface area contributed by atoms with Crippen LogP contribution in [0.25, 0.3) is 0 Å². The number of rotatable bonds is 10. The standard InChI is InChI=1S/C28H32N2O5S/c31-14-15-36-19-25-16-26(22-8-6-21(18-32)7-9-22)35-27(34-25)23-10-12-24(13-11-23)30-28(33)29-17-20-4-2-1-3-5-20/h1-13,25-27,31-32H,14-19H2,(H2,29,30,33). The van der Waals surface area contributed by atoms with E-state index in [1.54, 1.807) is 11.8 Å². The van der Waals surface area contributed by atoms with E-state index in [1.165, 1.54) is 0 Å². The van der Waals surface area contributed by atoms with Crippen molar-refractivity contribution >= 4 is 23.5 Å². The van der Waals surface area contributed by atoms with Crippen LogP contribution >= 0.6 is 11.8 Å². The molecule has 4 rings (SSSR count). The number of nitrogens with one attached hydrogen (secondary N) is 2. The highest BCUT2D eigenvalue weighted by molar-refractivity contribution is 7.99. The molecular formula is C28H32N2O5S. The Morgan fingerprint density at radius 2 is 1.61 bits per heavy atom. The highest BCUT2D eigenvalue weighted by atomic mass is 32.2. The third kappa shape index (κ3) is 7.56. The zero-order chi connectivity index (χ0) is 25.2. The quantitative estimate of drug-likeness (QED) is 0.295. The summed E-state index contributed by atoms with van der Waals surface area (Å²) in [7, 11) is 0. The van der Waals surface area contributed by atoms with Gasteiger partial charge in [0.2, 0.25) is 0 Å². The van der Waals surface area contributed by atoms with E-state index in [2.05, 4.69) is 10.6 Å². The van der Waals surface area contributed by atoms with E-state index in [4.69, 9.17) is 14.6 Å². The van der Waals surface area contributed by atoms with Crippen LogP contribution in [0.2, 0.25) is 0 Å². The molecule has 3 unspecified atom stereocenters. The number of carbonyl (C=O) groups is 1. The Kier molecular flexibility index (Phi) is 9.77. The number of benzene rings is 3. The number of amides is 2. The number of hydrogen-bond acceptors (Lipinski definition) is 6. The molecule has 190 valence electrons. The molecule has 0 radical (unpaired) electrons. The van der Waals surface area contributed by atoms with Gasteiger partial charge in [0, 0.05) is 35.7 Å². The van der Waals surface area contributed by atoms with Crippen LogP contribution < -0.4 is 10.6 Å². The van der Waals surface area contributed by atoms with E-state index in [0.29, 0.717) is 24.4 Å². The maximum atomic E-state index is 12.3. The van der Waals surface area contributed by atoms with Crippen LogP contribution in [-0.2, 0) is 22.6 Å². The van der Waals surface area contributed by atoms with Crippen LogP contribution in [0.5, 0.6) is 0 Å². The van der Waals surface area contributed by atoms with Crippen molar-refractivity contribution < 1.29 is 24.5 Å². The fraction of sp³-hybridized carbons (Fsp3) is 0.321. The SMILES string of the molecule is O=C(NCc1ccccc1)Nc1ccc(C2OC(CSCCO)CC(c3ccc(CO)cc3)O2)cc1. The summed E-state index contributed by atoms with van der Waals surface area (Å²) in [6.07, 6.45) is -0.0432. The summed E-state index contributed by atoms with van der Waals surface area (Å²) in [4.78, 5) is 12.3. The van der Waals surface area contributed by atoms with Crippen molar-refractivity contribution in [2.45, 2.75) is 38.1 Å². The molecule has 8 heteroatoms. The number of aliphatic hydroxyl groups excluding tert-OH is 2. The predicted octanol–water partition coefficient (Wildman–Crippen LogP) is 4.77. The lowest BCUT2D eigenvalue weighted by Gasteiger charge is -2.36. The average Bonchev–Trinajstić information content (AvgIpc) is 2.93. The zero-order valence-electron chi connectivity index (χ0n) is 20.0. The molecule has 3 aromatic carbocycles. The smallest absolute Gasteiger partial charge is 0.319 e. The average molecular weight is 509 g/mol. The molecule has 1 heterocycles. The largest absolute Gasteiger partial charge is 0.396 e. The Morgan fingerprint density at radius 3 is 2.31 bits per heavy atom. The van der Waals surface area contributed by atoms with Gasteiger partial charge >= 0.3 is 6.03 Å². The van der Waals surface area contributed by atoms with Crippen LogP contribution in [0, 0.1) is 0 Å². The number of urea groups is 1. The molecule has 0 bridgehead atoms. The molecule has 0 spiro atoms. The second-order valence-electron chi connectivity index (χ2n) is 8.56. The molecule has 1 aliphatic rings. The molecule has 1 saturated heterocycles. The highest BCUT2D eigenvalue weighted by Crippen LogP contribution is 2.39. The van der Waals surface area contributed by atoms with Gasteiger partial charge in [-0.25, -0.2) is 4.79 Å². The van der Waals surface area contributed by atoms with Crippen molar-refractivity contribution in [3.8, 4) is 0 Å². The van der Waals surface area contributed by atoms with Crippen molar-refractivity contribution in [3.63, 3.8) is 0 Å². The summed E-state index contributed by atoms with van der Waals surface area (Å²) in [6, 6.07) is 24.7. The summed E-state index contributed by atoms with van der Waals surface area (Å²) < 4.78 is 12.6. The Morgan fingerprint density at radius 1 is 0.889 bits per heavy atom. The van der Waals surface area contributed by atoms with Crippen molar-refractivity contribution in [2.24, 2.45) is 0 Å². The minimum absolute atomic E-state index is 0.00261. The van der Waals surface area contributed by atoms with Crippen LogP contribution in [0.3, 0.4) is 0 Å². The van der Waals surface area contributed by atoms with Gasteiger partial charge in [-0.3, -0.25) is 0 Å². The number of carbonyl (C=O) groups excluding carboxylic acids is 1. The third-order valence-corrected chi connectivity index (χ3v) is 6.97. The summed E-state index contributed by atoms with van der Waals surface area (Å²) >= 11 is 1.65. The van der Waals surface area contributed by atoms with Gasteiger partial charge in [-0.2, -0.15) is 11.8 Å². The number of thioether (sulfide) groups is 1. The molecule has 7 nitrogen and oxygen atoms in total. The van der Waals surface area contributed by atoms with E-state index in [-0.39, 0.29) is 31.5 Å². The van der Waals surface area contributed by atoms with E-state index in [9.17, 15) is 9.90 Å². The van der Waals surface area contributed by atoms with Crippen molar-refractivity contribution in [3.05, 3.63) is 101 Å². The molecule has 3 atom stereocenters. The first kappa shape index (κ1) is 26.2. The molecule has 3 aromatic rings. The first-order chi connectivity index (χ1) is 17.6. The zero-order valence-corrected chi connectivity index (χ0v) is 20.8. The lowest BCUT2D eigenvalue weighted by atomic mass is 10.0. The first-order valence-corrected chi connectivity index (χ1v) is 13.2. The molecule has 4 N–H and O–H groups in total. The van der Waals surface area contributed by atoms with Crippen LogP contribution in [-0.4, -0.2) is 40.5 Å². The van der Waals surface area contributed by atoms with E-state index in [0.717, 1.165) is 28.0 Å². The molecule has 36 heavy (non-hydrogen) atoms. The Hall–Kier alpha value is -2.88. The lowest BCUT2D eigenvalue weighted by Crippen LogP contribution is -2.31. The maximum absolute atomic E-state index is 12.3. The summed E-state index contributed by atoms with van der Waals surface area (Å²) in [5.74, 6) is 1.42. The van der Waals surface area contributed by atoms with Gasteiger partial charge in [-0.05, 0) is 28.8 Å². The Balaban J connectivity index is 1.39. The van der Waals surface area contributed by atoms with Crippen LogP contribution in [0.1, 0.15) is 41.1 Å². The van der Waals surface area contributed by atoms with Crippen molar-refractivity contribution in [2.75, 3.05) is 23.4 Å². The van der Waals surface area contributed by atoms with Gasteiger partial charge in [0.1, 0.15) is 0 Å². The van der Waals surface area contributed by atoms with Gasteiger partial charge < -0.3 is 30.3 Å². The predicted molar refractivity (Wildman–Crippen MR) is 142 cm³/mol. The summed E-state index contributed by atoms with van der Waals surface area (Å²) in [5, 5.41) is 24.2. The third-order valence-electron chi connectivity index (χ3n) is 5.89. The molecule has 2 amide bonds. The monoisotopic (exact) mass is 508 g/mol. The van der Waals surface area contributed by atoms with Gasteiger partial charge in [0.05, 0.1) is 25.4 Å². The molecule has 1 fully saturated rings.